The van der Waals surface area contributed by atoms with Gasteiger partial charge in [0.1, 0.15) is 0 Å². The normalized spacial score (nSPS) is 12.7. The van der Waals surface area contributed by atoms with E-state index >= 15 is 0 Å². The molecule has 0 heterocycles. The Morgan fingerprint density at radius 1 is 1.33 bits per heavy atom. The van der Waals surface area contributed by atoms with Crippen molar-refractivity contribution in [3.05, 3.63) is 12.7 Å². The standard InChI is InChI=1S/C13H27NS/c1-4-7-8-9-13(14-10-5-2)12-15-11-6-3/h4,13-14H,1,5-12H2,2-3H3. The molecule has 0 fully saturated rings. The SMILES string of the molecule is C=CCCCC(CSCCC)NCCC. The number of hydrogen-bond donors (Lipinski definition) is 1. The average Bonchev–Trinajstić information content (AvgIpc) is 2.25. The van der Waals surface area contributed by atoms with Crippen LogP contribution in [0.25, 0.3) is 0 Å². The Hall–Kier alpha value is 0.0500. The third-order valence-corrected chi connectivity index (χ3v) is 3.65. The molecule has 0 saturated heterocycles. The first-order valence-corrected chi connectivity index (χ1v) is 7.42. The van der Waals surface area contributed by atoms with E-state index in [1.165, 1.54) is 37.2 Å². The highest BCUT2D eigenvalue weighted by atomic mass is 32.2. The summed E-state index contributed by atoms with van der Waals surface area (Å²) in [6.07, 6.45) is 8.27. The Kier molecular flexibility index (Phi) is 12.2. The van der Waals surface area contributed by atoms with Gasteiger partial charge < -0.3 is 5.32 Å². The van der Waals surface area contributed by atoms with Gasteiger partial charge in [-0.05, 0) is 44.4 Å². The van der Waals surface area contributed by atoms with E-state index in [-0.39, 0.29) is 0 Å². The van der Waals surface area contributed by atoms with Gasteiger partial charge >= 0.3 is 0 Å². The van der Waals surface area contributed by atoms with Crippen molar-refractivity contribution >= 4 is 11.8 Å². The molecule has 0 rings (SSSR count). The fourth-order valence-corrected chi connectivity index (χ4v) is 2.50. The second-order valence-corrected chi connectivity index (χ2v) is 5.10. The molecule has 90 valence electrons. The Morgan fingerprint density at radius 2 is 2.13 bits per heavy atom. The van der Waals surface area contributed by atoms with Crippen molar-refractivity contribution in [1.82, 2.24) is 5.32 Å². The van der Waals surface area contributed by atoms with Crippen LogP contribution in [-0.2, 0) is 0 Å². The summed E-state index contributed by atoms with van der Waals surface area (Å²) < 4.78 is 0. The summed E-state index contributed by atoms with van der Waals surface area (Å²) in [5.74, 6) is 2.57. The lowest BCUT2D eigenvalue weighted by Gasteiger charge is -2.17. The van der Waals surface area contributed by atoms with Crippen molar-refractivity contribution in [3.63, 3.8) is 0 Å². The molecule has 0 aliphatic rings. The van der Waals surface area contributed by atoms with Gasteiger partial charge in [-0.25, -0.2) is 0 Å². The first-order chi connectivity index (χ1) is 7.35. The molecule has 0 aliphatic carbocycles. The molecule has 0 aromatic rings. The fourth-order valence-electron chi connectivity index (χ4n) is 1.47. The molecule has 0 bridgehead atoms. The van der Waals surface area contributed by atoms with Gasteiger partial charge in [-0.15, -0.1) is 6.58 Å². The third-order valence-electron chi connectivity index (χ3n) is 2.31. The van der Waals surface area contributed by atoms with Gasteiger partial charge in [0.05, 0.1) is 0 Å². The molecule has 0 radical (unpaired) electrons. The molecule has 0 spiro atoms. The summed E-state index contributed by atoms with van der Waals surface area (Å²) in [6, 6.07) is 0.710. The molecule has 0 amide bonds. The van der Waals surface area contributed by atoms with Crippen molar-refractivity contribution in [2.45, 2.75) is 52.0 Å². The minimum Gasteiger partial charge on any atom is -0.313 e. The van der Waals surface area contributed by atoms with Gasteiger partial charge in [-0.2, -0.15) is 11.8 Å². The molecule has 1 nitrogen and oxygen atoms in total. The lowest BCUT2D eigenvalue weighted by molar-refractivity contribution is 0.506. The predicted octanol–water partition coefficient (Wildman–Crippen LogP) is 3.85. The van der Waals surface area contributed by atoms with Crippen molar-refractivity contribution < 1.29 is 0 Å². The van der Waals surface area contributed by atoms with Crippen LogP contribution in [0.1, 0.15) is 46.0 Å². The second-order valence-electron chi connectivity index (χ2n) is 3.95. The zero-order chi connectivity index (χ0) is 11.4. The second kappa shape index (κ2) is 12.1. The number of rotatable bonds is 11. The van der Waals surface area contributed by atoms with Gasteiger partial charge in [0.2, 0.25) is 0 Å². The highest BCUT2D eigenvalue weighted by Crippen LogP contribution is 2.10. The smallest absolute Gasteiger partial charge is 0.0158 e. The van der Waals surface area contributed by atoms with Crippen molar-refractivity contribution in [1.29, 1.82) is 0 Å². The summed E-state index contributed by atoms with van der Waals surface area (Å²) in [7, 11) is 0. The Balaban J connectivity index is 3.57. The molecule has 0 aliphatic heterocycles. The van der Waals surface area contributed by atoms with Gasteiger partial charge in [0.25, 0.3) is 0 Å². The maximum absolute atomic E-state index is 3.77. The van der Waals surface area contributed by atoms with E-state index in [1.54, 1.807) is 0 Å². The van der Waals surface area contributed by atoms with Crippen LogP contribution in [0.15, 0.2) is 12.7 Å². The van der Waals surface area contributed by atoms with E-state index in [0.29, 0.717) is 6.04 Å². The van der Waals surface area contributed by atoms with E-state index in [9.17, 15) is 0 Å². The first kappa shape index (κ1) is 15.0. The summed E-state index contributed by atoms with van der Waals surface area (Å²) in [5, 5.41) is 3.63. The summed E-state index contributed by atoms with van der Waals surface area (Å²) in [6.45, 7) is 9.41. The van der Waals surface area contributed by atoms with Crippen LogP contribution >= 0.6 is 11.8 Å². The lowest BCUT2D eigenvalue weighted by atomic mass is 10.1. The zero-order valence-corrected chi connectivity index (χ0v) is 11.2. The van der Waals surface area contributed by atoms with E-state index in [1.807, 2.05) is 6.08 Å². The van der Waals surface area contributed by atoms with E-state index < -0.39 is 0 Å². The summed E-state index contributed by atoms with van der Waals surface area (Å²) >= 11 is 2.08. The van der Waals surface area contributed by atoms with E-state index in [4.69, 9.17) is 0 Å². The van der Waals surface area contributed by atoms with E-state index in [2.05, 4.69) is 37.5 Å². The van der Waals surface area contributed by atoms with Gasteiger partial charge in [-0.1, -0.05) is 19.9 Å². The molecule has 0 saturated carbocycles. The fraction of sp³-hybridized carbons (Fsp3) is 0.846. The minimum absolute atomic E-state index is 0.710. The number of hydrogen-bond acceptors (Lipinski definition) is 2. The van der Waals surface area contributed by atoms with Gasteiger partial charge in [-0.3, -0.25) is 0 Å². The maximum atomic E-state index is 3.77. The Morgan fingerprint density at radius 3 is 2.73 bits per heavy atom. The van der Waals surface area contributed by atoms with Crippen molar-refractivity contribution in [2.75, 3.05) is 18.1 Å². The molecule has 1 N–H and O–H groups in total. The van der Waals surface area contributed by atoms with Gasteiger partial charge in [0, 0.05) is 11.8 Å². The highest BCUT2D eigenvalue weighted by molar-refractivity contribution is 7.99. The van der Waals surface area contributed by atoms with Crippen LogP contribution in [0.4, 0.5) is 0 Å². The monoisotopic (exact) mass is 229 g/mol. The van der Waals surface area contributed by atoms with E-state index in [0.717, 1.165) is 13.0 Å². The Labute approximate surface area is 100 Å². The van der Waals surface area contributed by atoms with Crippen molar-refractivity contribution in [2.24, 2.45) is 0 Å². The number of nitrogens with one attached hydrogen (secondary N) is 1. The van der Waals surface area contributed by atoms with Crippen LogP contribution in [0.5, 0.6) is 0 Å². The molecular formula is C13H27NS. The number of thioether (sulfide) groups is 1. The minimum atomic E-state index is 0.710. The molecule has 15 heavy (non-hydrogen) atoms. The summed E-state index contributed by atoms with van der Waals surface area (Å²) in [5.41, 5.74) is 0. The van der Waals surface area contributed by atoms with Crippen LogP contribution in [-0.4, -0.2) is 24.1 Å². The average molecular weight is 229 g/mol. The quantitative estimate of drug-likeness (QED) is 0.426. The number of allylic oxidation sites excluding steroid dienone is 1. The van der Waals surface area contributed by atoms with Gasteiger partial charge in [0.15, 0.2) is 0 Å². The lowest BCUT2D eigenvalue weighted by Crippen LogP contribution is -2.32. The molecule has 1 unspecified atom stereocenters. The van der Waals surface area contributed by atoms with Crippen LogP contribution in [0, 0.1) is 0 Å². The van der Waals surface area contributed by atoms with Crippen LogP contribution < -0.4 is 5.32 Å². The van der Waals surface area contributed by atoms with Crippen molar-refractivity contribution in [3.8, 4) is 0 Å². The van der Waals surface area contributed by atoms with Crippen LogP contribution in [0.3, 0.4) is 0 Å². The van der Waals surface area contributed by atoms with Crippen LogP contribution in [0.2, 0.25) is 0 Å². The topological polar surface area (TPSA) is 12.0 Å². The molecule has 0 aromatic heterocycles. The molecular weight excluding hydrogens is 202 g/mol. The Bertz CT molecular complexity index is 136. The maximum Gasteiger partial charge on any atom is 0.0158 e. The third kappa shape index (κ3) is 10.3. The first-order valence-electron chi connectivity index (χ1n) is 6.27. The predicted molar refractivity (Wildman–Crippen MR) is 73.7 cm³/mol. The molecule has 1 atom stereocenters. The zero-order valence-electron chi connectivity index (χ0n) is 10.4. The largest absolute Gasteiger partial charge is 0.313 e. The highest BCUT2D eigenvalue weighted by Gasteiger charge is 2.06. The molecule has 0 aromatic carbocycles. The summed E-state index contributed by atoms with van der Waals surface area (Å²) in [4.78, 5) is 0. The number of unbranched alkanes of at least 4 members (excludes halogenated alkanes) is 1. The molecule has 2 heteroatoms.